The molecule has 0 radical (unpaired) electrons. The first-order valence-electron chi connectivity index (χ1n) is 7.20. The first-order chi connectivity index (χ1) is 11.9. The van der Waals surface area contributed by atoms with E-state index in [0.29, 0.717) is 10.6 Å². The Hall–Kier alpha value is -2.38. The Bertz CT molecular complexity index is 850. The molecule has 0 N–H and O–H groups in total. The van der Waals surface area contributed by atoms with Gasteiger partial charge < -0.3 is 4.74 Å². The number of thioether (sulfide) groups is 1. The minimum Gasteiger partial charge on any atom is -0.488 e. The van der Waals surface area contributed by atoms with Crippen LogP contribution in [0.2, 0.25) is 0 Å². The van der Waals surface area contributed by atoms with E-state index >= 15 is 0 Å². The number of hydrogen-bond donors (Lipinski definition) is 0. The van der Waals surface area contributed by atoms with Gasteiger partial charge in [-0.1, -0.05) is 23.3 Å². The number of nitrogens with zero attached hydrogens (tertiary/aromatic N) is 3. The zero-order chi connectivity index (χ0) is 18.0. The third-order valence-electron chi connectivity index (χ3n) is 3.60. The van der Waals surface area contributed by atoms with Crippen LogP contribution >= 0.6 is 11.8 Å². The third-order valence-corrected chi connectivity index (χ3v) is 4.75. The fraction of sp³-hybridized carbons (Fsp3) is 0.250. The molecular weight excluding hydrogens is 358 g/mol. The molecule has 0 saturated heterocycles. The van der Waals surface area contributed by atoms with E-state index in [-0.39, 0.29) is 23.4 Å². The molecule has 25 heavy (non-hydrogen) atoms. The number of fused-ring (bicyclic) bond motifs is 1. The van der Waals surface area contributed by atoms with Crippen molar-refractivity contribution in [2.24, 2.45) is 5.11 Å². The van der Waals surface area contributed by atoms with E-state index in [2.05, 4.69) is 10.0 Å². The van der Waals surface area contributed by atoms with Crippen LogP contribution in [0, 0.1) is 5.82 Å². The van der Waals surface area contributed by atoms with Gasteiger partial charge in [-0.25, -0.2) is 4.39 Å². The molecule has 2 aromatic rings. The lowest BCUT2D eigenvalue weighted by Gasteiger charge is -2.27. The maximum absolute atomic E-state index is 14.0. The molecule has 1 aliphatic heterocycles. The predicted molar refractivity (Wildman–Crippen MR) is 86.0 cm³/mol. The summed E-state index contributed by atoms with van der Waals surface area (Å²) in [5.74, 6) is -0.0571. The SMILES string of the molecule is [N-]=[N+]=NCC1CSc2cc(F)cc(-c3ccccc3C(F)(F)F)c2O1. The number of benzene rings is 2. The van der Waals surface area contributed by atoms with Crippen molar-refractivity contribution in [2.45, 2.75) is 17.2 Å². The number of alkyl halides is 3. The van der Waals surface area contributed by atoms with Crippen LogP contribution in [0.1, 0.15) is 5.56 Å². The predicted octanol–water partition coefficient (Wildman–Crippen LogP) is 5.67. The maximum Gasteiger partial charge on any atom is 0.417 e. The maximum atomic E-state index is 14.0. The van der Waals surface area contributed by atoms with E-state index in [4.69, 9.17) is 10.3 Å². The van der Waals surface area contributed by atoms with Crippen LogP contribution in [0.5, 0.6) is 5.75 Å². The second-order valence-corrected chi connectivity index (χ2v) is 6.35. The van der Waals surface area contributed by atoms with Gasteiger partial charge in [-0.2, -0.15) is 13.2 Å². The lowest BCUT2D eigenvalue weighted by Crippen LogP contribution is -2.26. The Morgan fingerprint density at radius 2 is 2.00 bits per heavy atom. The minimum atomic E-state index is -4.58. The van der Waals surface area contributed by atoms with Crippen molar-refractivity contribution in [2.75, 3.05) is 12.3 Å². The van der Waals surface area contributed by atoms with Gasteiger partial charge in [0, 0.05) is 16.2 Å². The Kier molecular flexibility index (Phi) is 4.78. The van der Waals surface area contributed by atoms with E-state index in [1.54, 1.807) is 0 Å². The molecule has 1 aliphatic rings. The van der Waals surface area contributed by atoms with Crippen molar-refractivity contribution in [1.29, 1.82) is 0 Å². The van der Waals surface area contributed by atoms with Gasteiger partial charge in [0.15, 0.2) is 0 Å². The summed E-state index contributed by atoms with van der Waals surface area (Å²) in [6.07, 6.45) is -5.07. The fourth-order valence-electron chi connectivity index (χ4n) is 2.56. The summed E-state index contributed by atoms with van der Waals surface area (Å²) < 4.78 is 59.6. The Morgan fingerprint density at radius 1 is 1.24 bits per heavy atom. The first kappa shape index (κ1) is 17.4. The summed E-state index contributed by atoms with van der Waals surface area (Å²) in [5, 5.41) is 3.43. The Labute approximate surface area is 144 Å². The summed E-state index contributed by atoms with van der Waals surface area (Å²) in [6.45, 7) is 0.0423. The van der Waals surface area contributed by atoms with Crippen molar-refractivity contribution in [3.8, 4) is 16.9 Å². The van der Waals surface area contributed by atoms with Crippen LogP contribution in [0.3, 0.4) is 0 Å². The Balaban J connectivity index is 2.13. The second kappa shape index (κ2) is 6.85. The number of azide groups is 1. The average Bonchev–Trinajstić information content (AvgIpc) is 2.58. The minimum absolute atomic E-state index is 0.0288. The van der Waals surface area contributed by atoms with Crippen molar-refractivity contribution in [3.63, 3.8) is 0 Å². The van der Waals surface area contributed by atoms with Crippen molar-refractivity contribution < 1.29 is 22.3 Å². The molecule has 0 aromatic heterocycles. The van der Waals surface area contributed by atoms with Gasteiger partial charge in [0.05, 0.1) is 17.0 Å². The van der Waals surface area contributed by atoms with Gasteiger partial charge in [-0.05, 0) is 29.3 Å². The van der Waals surface area contributed by atoms with Gasteiger partial charge in [-0.3, -0.25) is 0 Å². The lowest BCUT2D eigenvalue weighted by atomic mass is 9.98. The quantitative estimate of drug-likeness (QED) is 0.303. The highest BCUT2D eigenvalue weighted by Crippen LogP contribution is 2.46. The lowest BCUT2D eigenvalue weighted by molar-refractivity contribution is -0.137. The number of rotatable bonds is 3. The molecule has 1 atom stereocenters. The van der Waals surface area contributed by atoms with E-state index < -0.39 is 23.7 Å². The summed E-state index contributed by atoms with van der Waals surface area (Å²) >= 11 is 1.25. The monoisotopic (exact) mass is 369 g/mol. The molecule has 3 rings (SSSR count). The van der Waals surface area contributed by atoms with E-state index in [0.717, 1.165) is 12.1 Å². The van der Waals surface area contributed by atoms with Gasteiger partial charge in [-0.15, -0.1) is 11.8 Å². The smallest absolute Gasteiger partial charge is 0.417 e. The number of hydrogen-bond acceptors (Lipinski definition) is 3. The van der Waals surface area contributed by atoms with Gasteiger partial charge in [0.2, 0.25) is 0 Å². The van der Waals surface area contributed by atoms with Gasteiger partial charge >= 0.3 is 6.18 Å². The molecule has 0 fully saturated rings. The van der Waals surface area contributed by atoms with Crippen LogP contribution in [0.4, 0.5) is 17.6 Å². The molecule has 1 unspecified atom stereocenters. The third kappa shape index (κ3) is 3.67. The zero-order valence-electron chi connectivity index (χ0n) is 12.6. The van der Waals surface area contributed by atoms with E-state index in [1.165, 1.54) is 36.0 Å². The molecule has 0 saturated carbocycles. The molecule has 1 heterocycles. The molecule has 0 bridgehead atoms. The average molecular weight is 369 g/mol. The molecular formula is C16H11F4N3OS. The summed E-state index contributed by atoms with van der Waals surface area (Å²) in [5.41, 5.74) is 7.41. The highest BCUT2D eigenvalue weighted by atomic mass is 32.2. The Morgan fingerprint density at radius 3 is 2.72 bits per heavy atom. The van der Waals surface area contributed by atoms with E-state index in [9.17, 15) is 17.6 Å². The molecule has 0 spiro atoms. The summed E-state index contributed by atoms with van der Waals surface area (Å²) in [4.78, 5) is 3.07. The summed E-state index contributed by atoms with van der Waals surface area (Å²) in [6, 6.07) is 7.21. The molecule has 0 amide bonds. The standard InChI is InChI=1S/C16H11F4N3OS/c17-9-5-12(11-3-1-2-4-13(11)16(18,19)20)15-14(6-9)25-8-10(24-15)7-22-23-21/h1-6,10H,7-8H2. The van der Waals surface area contributed by atoms with Crippen molar-refractivity contribution in [3.05, 3.63) is 58.2 Å². The van der Waals surface area contributed by atoms with Crippen LogP contribution in [0.25, 0.3) is 21.6 Å². The van der Waals surface area contributed by atoms with Crippen LogP contribution in [-0.2, 0) is 6.18 Å². The second-order valence-electron chi connectivity index (χ2n) is 5.29. The first-order valence-corrected chi connectivity index (χ1v) is 8.19. The molecule has 9 heteroatoms. The largest absolute Gasteiger partial charge is 0.488 e. The van der Waals surface area contributed by atoms with Crippen molar-refractivity contribution >= 4 is 11.8 Å². The topological polar surface area (TPSA) is 58.0 Å². The van der Waals surface area contributed by atoms with Gasteiger partial charge in [0.1, 0.15) is 17.7 Å². The normalized spacial score (nSPS) is 16.6. The van der Waals surface area contributed by atoms with Crippen molar-refractivity contribution in [1.82, 2.24) is 0 Å². The number of halogens is 4. The zero-order valence-corrected chi connectivity index (χ0v) is 13.4. The highest BCUT2D eigenvalue weighted by Gasteiger charge is 2.35. The van der Waals surface area contributed by atoms with Crippen LogP contribution < -0.4 is 4.74 Å². The molecule has 4 nitrogen and oxygen atoms in total. The summed E-state index contributed by atoms with van der Waals surface area (Å²) in [7, 11) is 0. The molecule has 0 aliphatic carbocycles. The fourth-order valence-corrected chi connectivity index (χ4v) is 3.59. The van der Waals surface area contributed by atoms with E-state index in [1.807, 2.05) is 0 Å². The van der Waals surface area contributed by atoms with Gasteiger partial charge in [0.25, 0.3) is 0 Å². The van der Waals surface area contributed by atoms with Crippen LogP contribution in [-0.4, -0.2) is 18.4 Å². The highest BCUT2D eigenvalue weighted by molar-refractivity contribution is 7.99. The van der Waals surface area contributed by atoms with Crippen LogP contribution in [0.15, 0.2) is 46.4 Å². The number of ether oxygens (including phenoxy) is 1. The molecule has 130 valence electrons. The molecule has 2 aromatic carbocycles.